The van der Waals surface area contributed by atoms with Crippen LogP contribution in [-0.4, -0.2) is 48.2 Å². The Kier molecular flexibility index (Phi) is 4.83. The van der Waals surface area contributed by atoms with Gasteiger partial charge >= 0.3 is 0 Å². The van der Waals surface area contributed by atoms with Crippen LogP contribution in [0.5, 0.6) is 0 Å². The van der Waals surface area contributed by atoms with Crippen LogP contribution in [-0.2, 0) is 4.74 Å². The average molecular weight is 301 g/mol. The minimum atomic E-state index is -0.628. The van der Waals surface area contributed by atoms with Gasteiger partial charge in [-0.2, -0.15) is 0 Å². The number of carbonyl (C=O) groups is 1. The van der Waals surface area contributed by atoms with Crippen LogP contribution in [0.3, 0.4) is 0 Å². The lowest BCUT2D eigenvalue weighted by Gasteiger charge is -2.23. The van der Waals surface area contributed by atoms with E-state index < -0.39 is 10.8 Å². The predicted molar refractivity (Wildman–Crippen MR) is 70.8 cm³/mol. The summed E-state index contributed by atoms with van der Waals surface area (Å²) in [5.74, 6) is -0.501. The topological polar surface area (TPSA) is 106 Å². The number of rotatable bonds is 4. The summed E-state index contributed by atoms with van der Waals surface area (Å²) in [5.41, 5.74) is -0.295. The minimum Gasteiger partial charge on any atom is -0.378 e. The number of ether oxygens (including phenoxy) is 1. The van der Waals surface area contributed by atoms with Gasteiger partial charge in [0.1, 0.15) is 11.3 Å². The molecule has 1 fully saturated rings. The first-order chi connectivity index (χ1) is 9.58. The second kappa shape index (κ2) is 6.60. The molecular weight excluding hydrogens is 288 g/mol. The summed E-state index contributed by atoms with van der Waals surface area (Å²) in [6.07, 6.45) is 1.01. The highest BCUT2D eigenvalue weighted by atomic mass is 35.5. The standard InChI is InChI=1S/C11H13ClN4O4/c12-10-9(3-8(5-14-10)16(18)19)11(17)15-4-7-6-20-2-1-13-7/h3,5,7,13H,1-2,4,6H2,(H,15,17). The number of amides is 1. The molecule has 1 atom stereocenters. The van der Waals surface area contributed by atoms with Crippen LogP contribution in [0.2, 0.25) is 5.15 Å². The molecule has 1 unspecified atom stereocenters. The highest BCUT2D eigenvalue weighted by Gasteiger charge is 2.19. The third kappa shape index (κ3) is 3.62. The van der Waals surface area contributed by atoms with E-state index in [1.54, 1.807) is 0 Å². The molecule has 1 amide bonds. The van der Waals surface area contributed by atoms with E-state index in [2.05, 4.69) is 15.6 Å². The Morgan fingerprint density at radius 2 is 2.50 bits per heavy atom. The van der Waals surface area contributed by atoms with E-state index in [-0.39, 0.29) is 22.4 Å². The van der Waals surface area contributed by atoms with Gasteiger partial charge in [0.25, 0.3) is 11.6 Å². The van der Waals surface area contributed by atoms with Crippen molar-refractivity contribution in [3.63, 3.8) is 0 Å². The monoisotopic (exact) mass is 300 g/mol. The number of nitrogens with zero attached hydrogens (tertiary/aromatic N) is 2. The molecule has 1 saturated heterocycles. The lowest BCUT2D eigenvalue weighted by Crippen LogP contribution is -2.48. The molecular formula is C11H13ClN4O4. The predicted octanol–water partition coefficient (Wildman–Crippen LogP) is 0.361. The molecule has 0 bridgehead atoms. The lowest BCUT2D eigenvalue weighted by atomic mass is 10.2. The molecule has 1 aliphatic rings. The summed E-state index contributed by atoms with van der Waals surface area (Å²) in [7, 11) is 0. The number of halogens is 1. The highest BCUT2D eigenvalue weighted by molar-refractivity contribution is 6.32. The third-order valence-corrected chi connectivity index (χ3v) is 3.09. The third-order valence-electron chi connectivity index (χ3n) is 2.79. The van der Waals surface area contributed by atoms with E-state index in [1.165, 1.54) is 0 Å². The molecule has 0 aromatic carbocycles. The van der Waals surface area contributed by atoms with E-state index in [9.17, 15) is 14.9 Å². The molecule has 2 N–H and O–H groups in total. The molecule has 0 spiro atoms. The number of aromatic nitrogens is 1. The van der Waals surface area contributed by atoms with E-state index >= 15 is 0 Å². The van der Waals surface area contributed by atoms with E-state index in [0.29, 0.717) is 19.8 Å². The van der Waals surface area contributed by atoms with Crippen molar-refractivity contribution >= 4 is 23.2 Å². The normalized spacial score (nSPS) is 18.6. The van der Waals surface area contributed by atoms with Gasteiger partial charge in [-0.15, -0.1) is 0 Å². The van der Waals surface area contributed by atoms with Gasteiger partial charge in [0.2, 0.25) is 0 Å². The molecule has 20 heavy (non-hydrogen) atoms. The molecule has 1 aromatic rings. The fourth-order valence-corrected chi connectivity index (χ4v) is 1.95. The summed E-state index contributed by atoms with van der Waals surface area (Å²) in [6.45, 7) is 2.21. The number of morpholine rings is 1. The van der Waals surface area contributed by atoms with Crippen molar-refractivity contribution < 1.29 is 14.5 Å². The zero-order chi connectivity index (χ0) is 14.5. The smallest absolute Gasteiger partial charge is 0.288 e. The summed E-state index contributed by atoms with van der Waals surface area (Å²) < 4.78 is 5.25. The fourth-order valence-electron chi connectivity index (χ4n) is 1.76. The van der Waals surface area contributed by atoms with Crippen LogP contribution in [0.15, 0.2) is 12.3 Å². The molecule has 2 heterocycles. The number of hydrogen-bond acceptors (Lipinski definition) is 6. The highest BCUT2D eigenvalue weighted by Crippen LogP contribution is 2.18. The van der Waals surface area contributed by atoms with Gasteiger partial charge in [-0.25, -0.2) is 4.98 Å². The molecule has 0 radical (unpaired) electrons. The van der Waals surface area contributed by atoms with Crippen molar-refractivity contribution in [2.45, 2.75) is 6.04 Å². The molecule has 8 nitrogen and oxygen atoms in total. The lowest BCUT2D eigenvalue weighted by molar-refractivity contribution is -0.385. The molecule has 108 valence electrons. The number of nitro groups is 1. The number of carbonyl (C=O) groups excluding carboxylic acids is 1. The Morgan fingerprint density at radius 1 is 1.70 bits per heavy atom. The Bertz CT molecular complexity index is 519. The van der Waals surface area contributed by atoms with Gasteiger partial charge in [0, 0.05) is 25.2 Å². The maximum absolute atomic E-state index is 12.0. The maximum Gasteiger partial charge on any atom is 0.288 e. The van der Waals surface area contributed by atoms with Crippen molar-refractivity contribution in [1.82, 2.24) is 15.6 Å². The minimum absolute atomic E-state index is 0.0122. The van der Waals surface area contributed by atoms with Gasteiger partial charge in [0.15, 0.2) is 0 Å². The van der Waals surface area contributed by atoms with Crippen molar-refractivity contribution in [2.24, 2.45) is 0 Å². The Hall–Kier alpha value is -1.77. The van der Waals surface area contributed by atoms with Gasteiger partial charge in [-0.1, -0.05) is 11.6 Å². The van der Waals surface area contributed by atoms with E-state index in [0.717, 1.165) is 18.8 Å². The first-order valence-corrected chi connectivity index (χ1v) is 6.35. The SMILES string of the molecule is O=C(NCC1COCCN1)c1cc([N+](=O)[O-])cnc1Cl. The fraction of sp³-hybridized carbons (Fsp3) is 0.455. The van der Waals surface area contributed by atoms with Crippen LogP contribution in [0.1, 0.15) is 10.4 Å². The first-order valence-electron chi connectivity index (χ1n) is 5.97. The summed E-state index contributed by atoms with van der Waals surface area (Å²) in [4.78, 5) is 25.6. The molecule has 2 rings (SSSR count). The summed E-state index contributed by atoms with van der Waals surface area (Å²) >= 11 is 5.78. The summed E-state index contributed by atoms with van der Waals surface area (Å²) in [6, 6.07) is 1.12. The van der Waals surface area contributed by atoms with Crippen LogP contribution in [0.4, 0.5) is 5.69 Å². The molecule has 9 heteroatoms. The van der Waals surface area contributed by atoms with Gasteiger partial charge in [0.05, 0.1) is 23.7 Å². The van der Waals surface area contributed by atoms with Crippen molar-refractivity contribution in [2.75, 3.05) is 26.3 Å². The quantitative estimate of drug-likeness (QED) is 0.472. The van der Waals surface area contributed by atoms with Crippen LogP contribution >= 0.6 is 11.6 Å². The number of hydrogen-bond donors (Lipinski definition) is 2. The Balaban J connectivity index is 2.00. The first kappa shape index (κ1) is 14.6. The van der Waals surface area contributed by atoms with Crippen LogP contribution in [0, 0.1) is 10.1 Å². The van der Waals surface area contributed by atoms with E-state index in [4.69, 9.17) is 16.3 Å². The van der Waals surface area contributed by atoms with E-state index in [1.807, 2.05) is 0 Å². The van der Waals surface area contributed by atoms with Crippen molar-refractivity contribution in [1.29, 1.82) is 0 Å². The largest absolute Gasteiger partial charge is 0.378 e. The van der Waals surface area contributed by atoms with Crippen LogP contribution < -0.4 is 10.6 Å². The van der Waals surface area contributed by atoms with Gasteiger partial charge in [-0.05, 0) is 0 Å². The van der Waals surface area contributed by atoms with Crippen molar-refractivity contribution in [3.05, 3.63) is 33.1 Å². The zero-order valence-electron chi connectivity index (χ0n) is 10.5. The Labute approximate surface area is 119 Å². The molecule has 1 aromatic heterocycles. The maximum atomic E-state index is 12.0. The molecule has 0 aliphatic carbocycles. The number of nitrogens with one attached hydrogen (secondary N) is 2. The summed E-state index contributed by atoms with van der Waals surface area (Å²) in [5, 5.41) is 16.4. The Morgan fingerprint density at radius 3 is 3.15 bits per heavy atom. The van der Waals surface area contributed by atoms with Crippen LogP contribution in [0.25, 0.3) is 0 Å². The number of pyridine rings is 1. The van der Waals surface area contributed by atoms with Gasteiger partial charge in [-0.3, -0.25) is 14.9 Å². The average Bonchev–Trinajstić information content (AvgIpc) is 2.46. The second-order valence-electron chi connectivity index (χ2n) is 4.22. The van der Waals surface area contributed by atoms with Crippen molar-refractivity contribution in [3.8, 4) is 0 Å². The molecule has 0 saturated carbocycles. The molecule has 1 aliphatic heterocycles. The second-order valence-corrected chi connectivity index (χ2v) is 4.58. The zero-order valence-corrected chi connectivity index (χ0v) is 11.2. The van der Waals surface area contributed by atoms with Gasteiger partial charge < -0.3 is 15.4 Å².